The second kappa shape index (κ2) is 4.27. The summed E-state index contributed by atoms with van der Waals surface area (Å²) in [5, 5.41) is 0.715. The molecule has 0 amide bonds. The molecule has 0 aliphatic heterocycles. The Hall–Kier alpha value is -1.62. The van der Waals surface area contributed by atoms with Crippen LogP contribution in [0.2, 0.25) is 0 Å². The molecule has 2 aromatic heterocycles. The van der Waals surface area contributed by atoms with E-state index in [1.54, 1.807) is 24.7 Å². The van der Waals surface area contributed by atoms with E-state index in [0.717, 1.165) is 10.5 Å². The molecule has 0 fully saturated rings. The third-order valence-corrected chi connectivity index (χ3v) is 2.60. The van der Waals surface area contributed by atoms with E-state index in [9.17, 15) is 0 Å². The zero-order chi connectivity index (χ0) is 10.7. The molecule has 0 unspecified atom stereocenters. The number of aryl methyl sites for hydroxylation is 1. The number of nitrogens with zero attached hydrogens (tertiary/aromatic N) is 3. The summed E-state index contributed by atoms with van der Waals surface area (Å²) in [7, 11) is 0. The van der Waals surface area contributed by atoms with Crippen LogP contribution in [-0.4, -0.2) is 15.0 Å². The molecule has 76 valence electrons. The van der Waals surface area contributed by atoms with E-state index in [1.165, 1.54) is 11.8 Å². The van der Waals surface area contributed by atoms with Gasteiger partial charge in [0.25, 0.3) is 0 Å². The van der Waals surface area contributed by atoms with Crippen molar-refractivity contribution in [1.29, 1.82) is 0 Å². The minimum atomic E-state index is 0.518. The van der Waals surface area contributed by atoms with E-state index < -0.39 is 0 Å². The predicted octanol–water partition coefficient (Wildman–Crippen LogP) is 1.91. The van der Waals surface area contributed by atoms with E-state index >= 15 is 0 Å². The summed E-state index contributed by atoms with van der Waals surface area (Å²) in [5.41, 5.74) is 6.54. The molecule has 4 nitrogen and oxygen atoms in total. The van der Waals surface area contributed by atoms with Crippen molar-refractivity contribution in [3.63, 3.8) is 0 Å². The van der Waals surface area contributed by atoms with Gasteiger partial charge in [-0.05, 0) is 36.4 Å². The molecule has 2 aromatic rings. The molecule has 0 saturated heterocycles. The number of rotatable bonds is 2. The molecule has 0 aliphatic carbocycles. The minimum absolute atomic E-state index is 0.518. The van der Waals surface area contributed by atoms with Crippen molar-refractivity contribution in [2.24, 2.45) is 0 Å². The molecule has 0 aromatic carbocycles. The lowest BCUT2D eigenvalue weighted by molar-refractivity contribution is 0.949. The average Bonchev–Trinajstić information content (AvgIpc) is 2.25. The van der Waals surface area contributed by atoms with Crippen LogP contribution >= 0.6 is 11.8 Å². The highest BCUT2D eigenvalue weighted by Gasteiger charge is 1.99. The number of pyridine rings is 1. The van der Waals surface area contributed by atoms with Crippen LogP contribution in [0.4, 0.5) is 5.82 Å². The van der Waals surface area contributed by atoms with Crippen molar-refractivity contribution >= 4 is 17.6 Å². The molecule has 0 bridgehead atoms. The Balaban J connectivity index is 2.15. The van der Waals surface area contributed by atoms with Gasteiger partial charge in [0.05, 0.1) is 0 Å². The zero-order valence-electron chi connectivity index (χ0n) is 8.21. The summed E-state index contributed by atoms with van der Waals surface area (Å²) in [6.45, 7) is 1.96. The van der Waals surface area contributed by atoms with Crippen molar-refractivity contribution in [2.75, 3.05) is 5.73 Å². The van der Waals surface area contributed by atoms with Gasteiger partial charge in [0, 0.05) is 23.5 Å². The maximum absolute atomic E-state index is 5.49. The second-order valence-corrected chi connectivity index (χ2v) is 4.10. The minimum Gasteiger partial charge on any atom is -0.384 e. The molecule has 0 aliphatic rings. The van der Waals surface area contributed by atoms with E-state index in [4.69, 9.17) is 5.73 Å². The Bertz CT molecular complexity index is 394. The van der Waals surface area contributed by atoms with E-state index in [2.05, 4.69) is 15.0 Å². The average molecular weight is 218 g/mol. The van der Waals surface area contributed by atoms with Crippen LogP contribution in [0.15, 0.2) is 40.8 Å². The predicted molar refractivity (Wildman–Crippen MR) is 59.5 cm³/mol. The summed E-state index contributed by atoms with van der Waals surface area (Å²) in [5.74, 6) is 0.518. The van der Waals surface area contributed by atoms with Gasteiger partial charge in [-0.1, -0.05) is 0 Å². The van der Waals surface area contributed by atoms with Gasteiger partial charge < -0.3 is 5.73 Å². The highest BCUT2D eigenvalue weighted by Crippen LogP contribution is 2.23. The molecule has 0 saturated carbocycles. The number of hydrogen-bond acceptors (Lipinski definition) is 5. The van der Waals surface area contributed by atoms with Gasteiger partial charge in [-0.2, -0.15) is 0 Å². The fourth-order valence-corrected chi connectivity index (χ4v) is 1.65. The smallest absolute Gasteiger partial charge is 0.192 e. The first-order valence-corrected chi connectivity index (χ1v) is 5.24. The SMILES string of the molecule is Cc1cnc(Sc2ccc(N)nc2)nc1. The van der Waals surface area contributed by atoms with E-state index in [0.29, 0.717) is 11.0 Å². The Kier molecular flexibility index (Phi) is 2.82. The van der Waals surface area contributed by atoms with Crippen LogP contribution in [0.5, 0.6) is 0 Å². The first-order valence-electron chi connectivity index (χ1n) is 4.42. The fraction of sp³-hybridized carbons (Fsp3) is 0.100. The molecule has 0 atom stereocenters. The van der Waals surface area contributed by atoms with Gasteiger partial charge in [0.15, 0.2) is 5.16 Å². The molecule has 2 heterocycles. The van der Waals surface area contributed by atoms with Crippen LogP contribution in [0, 0.1) is 6.92 Å². The monoisotopic (exact) mass is 218 g/mol. The molecule has 0 spiro atoms. The van der Waals surface area contributed by atoms with E-state index in [-0.39, 0.29) is 0 Å². The molecule has 5 heteroatoms. The first-order chi connectivity index (χ1) is 7.24. The molecule has 2 N–H and O–H groups in total. The quantitative estimate of drug-likeness (QED) is 0.780. The molecule has 2 rings (SSSR count). The third-order valence-electron chi connectivity index (χ3n) is 1.73. The van der Waals surface area contributed by atoms with Gasteiger partial charge in [0.1, 0.15) is 5.82 Å². The Morgan fingerprint density at radius 2 is 1.80 bits per heavy atom. The Labute approximate surface area is 92.0 Å². The van der Waals surface area contributed by atoms with Crippen molar-refractivity contribution in [3.8, 4) is 0 Å². The number of nitrogen functional groups attached to an aromatic ring is 1. The third kappa shape index (κ3) is 2.66. The van der Waals surface area contributed by atoms with Gasteiger partial charge in [0.2, 0.25) is 0 Å². The number of hydrogen-bond donors (Lipinski definition) is 1. The van der Waals surface area contributed by atoms with Crippen molar-refractivity contribution in [2.45, 2.75) is 17.0 Å². The van der Waals surface area contributed by atoms with Crippen LogP contribution in [0.25, 0.3) is 0 Å². The summed E-state index contributed by atoms with van der Waals surface area (Å²) < 4.78 is 0. The largest absolute Gasteiger partial charge is 0.384 e. The Morgan fingerprint density at radius 1 is 1.07 bits per heavy atom. The molecular weight excluding hydrogens is 208 g/mol. The first kappa shape index (κ1) is 9.92. The fourth-order valence-electron chi connectivity index (χ4n) is 0.991. The maximum atomic E-state index is 5.49. The standard InChI is InChI=1S/C10H10N4S/c1-7-4-13-10(14-5-7)15-8-2-3-9(11)12-6-8/h2-6H,1H3,(H2,11,12). The summed E-state index contributed by atoms with van der Waals surface area (Å²) >= 11 is 1.46. The number of anilines is 1. The lowest BCUT2D eigenvalue weighted by atomic mass is 10.4. The van der Waals surface area contributed by atoms with Crippen molar-refractivity contribution < 1.29 is 0 Å². The molecular formula is C10H10N4S. The molecule has 0 radical (unpaired) electrons. The van der Waals surface area contributed by atoms with Crippen molar-refractivity contribution in [3.05, 3.63) is 36.3 Å². The van der Waals surface area contributed by atoms with Crippen LogP contribution < -0.4 is 5.73 Å². The highest BCUT2D eigenvalue weighted by atomic mass is 32.2. The maximum Gasteiger partial charge on any atom is 0.192 e. The van der Waals surface area contributed by atoms with Crippen LogP contribution in [0.3, 0.4) is 0 Å². The van der Waals surface area contributed by atoms with Gasteiger partial charge >= 0.3 is 0 Å². The second-order valence-electron chi connectivity index (χ2n) is 3.06. The highest BCUT2D eigenvalue weighted by molar-refractivity contribution is 7.99. The van der Waals surface area contributed by atoms with Crippen LogP contribution in [-0.2, 0) is 0 Å². The Morgan fingerprint density at radius 3 is 2.40 bits per heavy atom. The van der Waals surface area contributed by atoms with E-state index in [1.807, 2.05) is 13.0 Å². The number of aromatic nitrogens is 3. The summed E-state index contributed by atoms with van der Waals surface area (Å²) in [6, 6.07) is 3.66. The normalized spacial score (nSPS) is 10.2. The van der Waals surface area contributed by atoms with Crippen molar-refractivity contribution in [1.82, 2.24) is 15.0 Å². The zero-order valence-corrected chi connectivity index (χ0v) is 9.03. The van der Waals surface area contributed by atoms with Crippen LogP contribution in [0.1, 0.15) is 5.56 Å². The topological polar surface area (TPSA) is 64.7 Å². The summed E-state index contributed by atoms with van der Waals surface area (Å²) in [4.78, 5) is 13.4. The lowest BCUT2D eigenvalue weighted by Crippen LogP contribution is -1.89. The van der Waals surface area contributed by atoms with Gasteiger partial charge in [-0.3, -0.25) is 0 Å². The van der Waals surface area contributed by atoms with Gasteiger partial charge in [-0.15, -0.1) is 0 Å². The lowest BCUT2D eigenvalue weighted by Gasteiger charge is -1.99. The molecule has 15 heavy (non-hydrogen) atoms. The summed E-state index contributed by atoms with van der Waals surface area (Å²) in [6.07, 6.45) is 5.29. The number of nitrogens with two attached hydrogens (primary N) is 1. The van der Waals surface area contributed by atoms with Gasteiger partial charge in [-0.25, -0.2) is 15.0 Å².